The molecular weight excluding hydrogens is 388 g/mol. The van der Waals surface area contributed by atoms with Crippen molar-refractivity contribution in [2.24, 2.45) is 7.05 Å². The molecule has 0 amide bonds. The smallest absolute Gasteiger partial charge is 0.262 e. The van der Waals surface area contributed by atoms with E-state index in [2.05, 4.69) is 12.1 Å². The highest BCUT2D eigenvalue weighted by Crippen LogP contribution is 2.36. The molecule has 28 heavy (non-hydrogen) atoms. The molecule has 1 aromatic carbocycles. The maximum Gasteiger partial charge on any atom is 0.262 e. The lowest BCUT2D eigenvalue weighted by Crippen LogP contribution is -2.22. The van der Waals surface area contributed by atoms with Crippen molar-refractivity contribution in [2.45, 2.75) is 55.9 Å². The number of aryl methyl sites for hydroxylation is 4. The summed E-state index contributed by atoms with van der Waals surface area (Å²) in [5, 5.41) is 1.13. The van der Waals surface area contributed by atoms with E-state index in [9.17, 15) is 9.59 Å². The quantitative estimate of drug-likeness (QED) is 0.365. The van der Waals surface area contributed by atoms with Gasteiger partial charge in [-0.05, 0) is 68.2 Å². The summed E-state index contributed by atoms with van der Waals surface area (Å²) in [4.78, 5) is 32.8. The molecule has 0 N–H and O–H groups in total. The molecule has 0 aliphatic heterocycles. The highest BCUT2D eigenvalue weighted by atomic mass is 32.2. The number of ketones is 1. The molecule has 2 aromatic heterocycles. The van der Waals surface area contributed by atoms with Gasteiger partial charge in [0.05, 0.1) is 10.6 Å². The lowest BCUT2D eigenvalue weighted by atomic mass is 10.0. The van der Waals surface area contributed by atoms with Gasteiger partial charge in [-0.1, -0.05) is 23.9 Å². The fraction of sp³-hybridized carbons (Fsp3) is 0.409. The zero-order chi connectivity index (χ0) is 19.4. The van der Waals surface area contributed by atoms with E-state index >= 15 is 0 Å². The van der Waals surface area contributed by atoms with Crippen molar-refractivity contribution in [2.75, 3.05) is 0 Å². The SMILES string of the molecule is C[C@H](Sc1nc2sc3c(c2c(=O)n1C)CCC3)C(=O)c1ccc2c(c1)CCC2. The molecule has 2 heterocycles. The molecule has 3 aromatic rings. The van der Waals surface area contributed by atoms with Gasteiger partial charge in [0, 0.05) is 17.5 Å². The van der Waals surface area contributed by atoms with E-state index < -0.39 is 0 Å². The predicted molar refractivity (Wildman–Crippen MR) is 115 cm³/mol. The molecular formula is C22H22N2O2S2. The van der Waals surface area contributed by atoms with Crippen molar-refractivity contribution in [3.8, 4) is 0 Å². The number of thioether (sulfide) groups is 1. The first-order valence-electron chi connectivity index (χ1n) is 9.87. The number of rotatable bonds is 4. The van der Waals surface area contributed by atoms with Crippen molar-refractivity contribution in [3.05, 3.63) is 55.7 Å². The molecule has 0 fully saturated rings. The number of carbonyl (C=O) groups excluding carboxylic acids is 1. The summed E-state index contributed by atoms with van der Waals surface area (Å²) in [6.07, 6.45) is 6.51. The van der Waals surface area contributed by atoms with Gasteiger partial charge in [0.1, 0.15) is 4.83 Å². The molecule has 0 spiro atoms. The third-order valence-electron chi connectivity index (χ3n) is 5.94. The first kappa shape index (κ1) is 18.1. The first-order chi connectivity index (χ1) is 13.5. The van der Waals surface area contributed by atoms with Crippen molar-refractivity contribution in [1.29, 1.82) is 0 Å². The summed E-state index contributed by atoms with van der Waals surface area (Å²) < 4.78 is 1.62. The number of hydrogen-bond acceptors (Lipinski definition) is 5. The van der Waals surface area contributed by atoms with E-state index in [1.807, 2.05) is 13.0 Å². The fourth-order valence-electron chi connectivity index (χ4n) is 4.38. The van der Waals surface area contributed by atoms with Gasteiger partial charge < -0.3 is 0 Å². The van der Waals surface area contributed by atoms with Gasteiger partial charge in [-0.2, -0.15) is 0 Å². The Bertz CT molecular complexity index is 1180. The Hall–Kier alpha value is -1.92. The van der Waals surface area contributed by atoms with E-state index in [1.165, 1.54) is 39.8 Å². The van der Waals surface area contributed by atoms with Gasteiger partial charge in [0.15, 0.2) is 10.9 Å². The van der Waals surface area contributed by atoms with Crippen molar-refractivity contribution in [1.82, 2.24) is 9.55 Å². The predicted octanol–water partition coefficient (Wildman–Crippen LogP) is 4.34. The molecule has 2 aliphatic rings. The zero-order valence-electron chi connectivity index (χ0n) is 16.1. The van der Waals surface area contributed by atoms with Gasteiger partial charge in [-0.15, -0.1) is 11.3 Å². The zero-order valence-corrected chi connectivity index (χ0v) is 17.7. The number of aromatic nitrogens is 2. The average molecular weight is 411 g/mol. The molecule has 6 heteroatoms. The van der Waals surface area contributed by atoms with Crippen molar-refractivity contribution >= 4 is 39.1 Å². The Morgan fingerprint density at radius 3 is 2.82 bits per heavy atom. The van der Waals surface area contributed by atoms with Crippen LogP contribution >= 0.6 is 23.1 Å². The standard InChI is InChI=1S/C22H22N2O2S2/c1-12(19(25)15-10-9-13-5-3-6-14(13)11-15)27-22-23-20-18(21(26)24(22)2)16-7-4-8-17(16)28-20/h9-12H,3-8H2,1-2H3/t12-/m0/s1. The summed E-state index contributed by atoms with van der Waals surface area (Å²) in [6.45, 7) is 1.91. The Balaban J connectivity index is 1.45. The average Bonchev–Trinajstić information content (AvgIpc) is 3.39. The number of fused-ring (bicyclic) bond motifs is 4. The Morgan fingerprint density at radius 1 is 1.18 bits per heavy atom. The minimum absolute atomic E-state index is 0.0177. The maximum atomic E-state index is 13.0. The molecule has 1 atom stereocenters. The second-order valence-electron chi connectivity index (χ2n) is 7.76. The summed E-state index contributed by atoms with van der Waals surface area (Å²) in [5.41, 5.74) is 4.66. The second kappa shape index (κ2) is 6.85. The number of nitrogens with zero attached hydrogens (tertiary/aromatic N) is 2. The monoisotopic (exact) mass is 410 g/mol. The molecule has 0 saturated heterocycles. The van der Waals surface area contributed by atoms with E-state index in [1.54, 1.807) is 23.0 Å². The van der Waals surface area contributed by atoms with Crippen LogP contribution in [0, 0.1) is 0 Å². The van der Waals surface area contributed by atoms with Crippen LogP contribution in [-0.2, 0) is 32.7 Å². The lowest BCUT2D eigenvalue weighted by molar-refractivity contribution is 0.0993. The molecule has 0 unspecified atom stereocenters. The third kappa shape index (κ3) is 2.85. The number of carbonyl (C=O) groups is 1. The van der Waals surface area contributed by atoms with E-state index in [-0.39, 0.29) is 16.6 Å². The number of benzene rings is 1. The molecule has 4 nitrogen and oxygen atoms in total. The van der Waals surface area contributed by atoms with Crippen LogP contribution in [-0.4, -0.2) is 20.6 Å². The van der Waals surface area contributed by atoms with Gasteiger partial charge in [0.25, 0.3) is 5.56 Å². The highest BCUT2D eigenvalue weighted by molar-refractivity contribution is 8.00. The molecule has 0 saturated carbocycles. The van der Waals surface area contributed by atoms with Gasteiger partial charge in [0.2, 0.25) is 0 Å². The van der Waals surface area contributed by atoms with E-state index in [4.69, 9.17) is 4.98 Å². The molecule has 5 rings (SSSR count). The molecule has 0 bridgehead atoms. The summed E-state index contributed by atoms with van der Waals surface area (Å²) >= 11 is 3.03. The van der Waals surface area contributed by atoms with E-state index in [0.29, 0.717) is 5.16 Å². The van der Waals surface area contributed by atoms with Crippen LogP contribution in [0.15, 0.2) is 28.2 Å². The third-order valence-corrected chi connectivity index (χ3v) is 8.27. The van der Waals surface area contributed by atoms with Gasteiger partial charge in [-0.3, -0.25) is 14.2 Å². The van der Waals surface area contributed by atoms with Crippen LogP contribution in [0.3, 0.4) is 0 Å². The molecule has 0 radical (unpaired) electrons. The normalized spacial score (nSPS) is 16.4. The minimum Gasteiger partial charge on any atom is -0.293 e. The van der Waals surface area contributed by atoms with Gasteiger partial charge in [-0.25, -0.2) is 4.98 Å². The van der Waals surface area contributed by atoms with Crippen LogP contribution in [0.25, 0.3) is 10.2 Å². The fourth-order valence-corrected chi connectivity index (χ4v) is 6.64. The lowest BCUT2D eigenvalue weighted by Gasteiger charge is -2.13. The Morgan fingerprint density at radius 2 is 1.96 bits per heavy atom. The first-order valence-corrected chi connectivity index (χ1v) is 11.6. The maximum absolute atomic E-state index is 13.0. The van der Waals surface area contributed by atoms with Crippen LogP contribution in [0.2, 0.25) is 0 Å². The van der Waals surface area contributed by atoms with Crippen LogP contribution < -0.4 is 5.56 Å². The topological polar surface area (TPSA) is 52.0 Å². The Labute approximate surface area is 172 Å². The molecule has 144 valence electrons. The number of hydrogen-bond donors (Lipinski definition) is 0. The summed E-state index contributed by atoms with van der Waals surface area (Å²) in [6, 6.07) is 6.10. The Kier molecular flexibility index (Phi) is 4.43. The van der Waals surface area contributed by atoms with Gasteiger partial charge >= 0.3 is 0 Å². The van der Waals surface area contributed by atoms with E-state index in [0.717, 1.165) is 47.9 Å². The van der Waals surface area contributed by atoms with Crippen LogP contribution in [0.5, 0.6) is 0 Å². The van der Waals surface area contributed by atoms with Crippen molar-refractivity contribution < 1.29 is 4.79 Å². The minimum atomic E-state index is -0.290. The number of Topliss-reactive ketones (excluding diaryl/α,β-unsaturated/α-hetero) is 1. The summed E-state index contributed by atoms with van der Waals surface area (Å²) in [7, 11) is 1.77. The van der Waals surface area contributed by atoms with Crippen LogP contribution in [0.1, 0.15) is 51.7 Å². The molecule has 2 aliphatic carbocycles. The van der Waals surface area contributed by atoms with Crippen LogP contribution in [0.4, 0.5) is 0 Å². The highest BCUT2D eigenvalue weighted by Gasteiger charge is 2.25. The second-order valence-corrected chi connectivity index (χ2v) is 10.1. The summed E-state index contributed by atoms with van der Waals surface area (Å²) in [5.74, 6) is 0.0997. The largest absolute Gasteiger partial charge is 0.293 e. The number of thiophene rings is 1. The van der Waals surface area contributed by atoms with Crippen molar-refractivity contribution in [3.63, 3.8) is 0 Å².